The number of ether oxygens (including phenoxy) is 1. The van der Waals surface area contributed by atoms with Crippen LogP contribution in [0.25, 0.3) is 4.96 Å². The van der Waals surface area contributed by atoms with E-state index in [1.807, 2.05) is 22.9 Å². The average molecular weight is 409 g/mol. The van der Waals surface area contributed by atoms with Gasteiger partial charge in [-0.05, 0) is 25.1 Å². The van der Waals surface area contributed by atoms with Crippen molar-refractivity contribution in [1.82, 2.24) is 13.7 Å². The van der Waals surface area contributed by atoms with Gasteiger partial charge in [-0.25, -0.2) is 17.7 Å². The van der Waals surface area contributed by atoms with Gasteiger partial charge in [-0.15, -0.1) is 11.3 Å². The molecule has 0 fully saturated rings. The van der Waals surface area contributed by atoms with Crippen molar-refractivity contribution in [3.05, 3.63) is 41.2 Å². The van der Waals surface area contributed by atoms with Crippen LogP contribution in [0.4, 0.5) is 5.69 Å². The zero-order valence-electron chi connectivity index (χ0n) is 15.4. The van der Waals surface area contributed by atoms with Crippen LogP contribution in [0, 0.1) is 6.92 Å². The summed E-state index contributed by atoms with van der Waals surface area (Å²) < 4.78 is 32.9. The molecular weight excluding hydrogens is 388 g/mol. The van der Waals surface area contributed by atoms with E-state index in [0.29, 0.717) is 11.4 Å². The summed E-state index contributed by atoms with van der Waals surface area (Å²) in [4.78, 5) is 17.8. The molecule has 2 aromatic heterocycles. The summed E-state index contributed by atoms with van der Waals surface area (Å²) >= 11 is 1.46. The van der Waals surface area contributed by atoms with E-state index in [4.69, 9.17) is 4.74 Å². The molecule has 0 aliphatic rings. The van der Waals surface area contributed by atoms with E-state index in [1.54, 1.807) is 0 Å². The molecule has 0 aliphatic heterocycles. The van der Waals surface area contributed by atoms with Gasteiger partial charge in [-0.1, -0.05) is 0 Å². The summed E-state index contributed by atoms with van der Waals surface area (Å²) in [5.74, 6) is 0.105. The molecule has 0 aliphatic carbocycles. The number of hydrogen-bond acceptors (Lipinski definition) is 6. The van der Waals surface area contributed by atoms with Gasteiger partial charge in [-0.3, -0.25) is 9.20 Å². The maximum atomic E-state index is 12.5. The summed E-state index contributed by atoms with van der Waals surface area (Å²) in [7, 11) is 0.742. The number of rotatable bonds is 6. The zero-order chi connectivity index (χ0) is 19.8. The molecule has 0 bridgehead atoms. The smallest absolute Gasteiger partial charge is 0.242 e. The number of aromatic nitrogens is 2. The molecule has 3 rings (SSSR count). The van der Waals surface area contributed by atoms with E-state index < -0.39 is 10.0 Å². The molecule has 27 heavy (non-hydrogen) atoms. The average Bonchev–Trinajstić information content (AvgIpc) is 3.14. The Hall–Kier alpha value is -2.43. The molecule has 2 heterocycles. The predicted molar refractivity (Wildman–Crippen MR) is 104 cm³/mol. The first-order valence-corrected chi connectivity index (χ1v) is 10.4. The minimum absolute atomic E-state index is 0.0757. The fraction of sp³-hybridized carbons (Fsp3) is 0.294. The number of thiazole rings is 1. The van der Waals surface area contributed by atoms with Crippen molar-refractivity contribution < 1.29 is 17.9 Å². The van der Waals surface area contributed by atoms with Crippen LogP contribution in [0.1, 0.15) is 11.4 Å². The molecule has 0 radical (unpaired) electrons. The summed E-state index contributed by atoms with van der Waals surface area (Å²) in [5.41, 5.74) is 2.00. The van der Waals surface area contributed by atoms with Gasteiger partial charge >= 0.3 is 0 Å². The number of fused-ring (bicyclic) bond motifs is 1. The van der Waals surface area contributed by atoms with Crippen LogP contribution in [-0.2, 0) is 21.2 Å². The summed E-state index contributed by atoms with van der Waals surface area (Å²) in [6.45, 7) is 1.89. The van der Waals surface area contributed by atoms with Crippen LogP contribution in [-0.4, -0.2) is 49.2 Å². The highest BCUT2D eigenvalue weighted by molar-refractivity contribution is 7.89. The third-order valence-electron chi connectivity index (χ3n) is 3.97. The normalized spacial score (nSPS) is 11.9. The number of carbonyl (C=O) groups is 1. The quantitative estimate of drug-likeness (QED) is 0.675. The second kappa shape index (κ2) is 7.29. The van der Waals surface area contributed by atoms with E-state index in [1.165, 1.54) is 50.7 Å². The Morgan fingerprint density at radius 2 is 2.11 bits per heavy atom. The van der Waals surface area contributed by atoms with Gasteiger partial charge < -0.3 is 10.1 Å². The molecule has 144 valence electrons. The molecule has 8 nitrogen and oxygen atoms in total. The Bertz CT molecular complexity index is 1100. The van der Waals surface area contributed by atoms with Gasteiger partial charge in [0.1, 0.15) is 5.75 Å². The van der Waals surface area contributed by atoms with E-state index in [0.717, 1.165) is 20.7 Å². The van der Waals surface area contributed by atoms with Crippen molar-refractivity contribution in [3.63, 3.8) is 0 Å². The summed E-state index contributed by atoms with van der Waals surface area (Å²) in [6, 6.07) is 4.37. The van der Waals surface area contributed by atoms with Crippen LogP contribution < -0.4 is 10.1 Å². The van der Waals surface area contributed by atoms with Crippen molar-refractivity contribution in [2.24, 2.45) is 0 Å². The number of imidazole rings is 1. The molecule has 0 spiro atoms. The predicted octanol–water partition coefficient (Wildman–Crippen LogP) is 2.14. The van der Waals surface area contributed by atoms with Gasteiger partial charge in [0.2, 0.25) is 15.9 Å². The number of aryl methyl sites for hydroxylation is 1. The van der Waals surface area contributed by atoms with Gasteiger partial charge in [-0.2, -0.15) is 0 Å². The molecule has 0 unspecified atom stereocenters. The molecule has 1 N–H and O–H groups in total. The third-order valence-corrected chi connectivity index (χ3v) is 6.67. The number of benzene rings is 1. The lowest BCUT2D eigenvalue weighted by Crippen LogP contribution is -2.22. The van der Waals surface area contributed by atoms with E-state index in [9.17, 15) is 13.2 Å². The highest BCUT2D eigenvalue weighted by atomic mass is 32.2. The van der Waals surface area contributed by atoms with Crippen LogP contribution >= 0.6 is 11.3 Å². The first-order chi connectivity index (χ1) is 12.7. The lowest BCUT2D eigenvalue weighted by Gasteiger charge is -2.15. The fourth-order valence-corrected chi connectivity index (χ4v) is 4.43. The molecule has 0 saturated carbocycles. The number of nitrogens with one attached hydrogen (secondary N) is 1. The molecule has 3 aromatic rings. The Labute approximate surface area is 161 Å². The molecule has 1 amide bonds. The third kappa shape index (κ3) is 3.82. The molecular formula is C17H20N4O4S2. The number of methoxy groups -OCH3 is 1. The first-order valence-electron chi connectivity index (χ1n) is 8.05. The van der Waals surface area contributed by atoms with Crippen LogP contribution in [0.15, 0.2) is 34.7 Å². The number of amides is 1. The molecule has 0 atom stereocenters. The van der Waals surface area contributed by atoms with E-state index in [2.05, 4.69) is 10.3 Å². The van der Waals surface area contributed by atoms with Gasteiger partial charge in [0.05, 0.1) is 29.8 Å². The minimum Gasteiger partial charge on any atom is -0.495 e. The SMILES string of the molecule is COc1ccc(S(=O)(=O)N(C)C)cc1NC(=O)Cc1csc2nc(C)cn12. The standard InChI is InChI=1S/C17H20N4O4S2/c1-11-9-21-12(10-26-17(21)18-11)7-16(22)19-14-8-13(5-6-15(14)25-4)27(23,24)20(2)3/h5-6,8-10H,7H2,1-4H3,(H,19,22). The van der Waals surface area contributed by atoms with E-state index >= 15 is 0 Å². The fourth-order valence-electron chi connectivity index (χ4n) is 2.58. The van der Waals surface area contributed by atoms with Crippen LogP contribution in [0.2, 0.25) is 0 Å². The maximum absolute atomic E-state index is 12.5. The van der Waals surface area contributed by atoms with Crippen molar-refractivity contribution >= 4 is 37.9 Å². The second-order valence-electron chi connectivity index (χ2n) is 6.14. The van der Waals surface area contributed by atoms with Gasteiger partial charge in [0.15, 0.2) is 4.96 Å². The van der Waals surface area contributed by atoms with Gasteiger partial charge in [0, 0.05) is 31.4 Å². The van der Waals surface area contributed by atoms with Crippen molar-refractivity contribution in [1.29, 1.82) is 0 Å². The summed E-state index contributed by atoms with van der Waals surface area (Å²) in [6.07, 6.45) is 2.00. The Morgan fingerprint density at radius 1 is 1.37 bits per heavy atom. The topological polar surface area (TPSA) is 93.0 Å². The molecule has 0 saturated heterocycles. The Balaban J connectivity index is 1.86. The summed E-state index contributed by atoms with van der Waals surface area (Å²) in [5, 5.41) is 4.63. The highest BCUT2D eigenvalue weighted by Gasteiger charge is 2.20. The van der Waals surface area contributed by atoms with Gasteiger partial charge in [0.25, 0.3) is 0 Å². The van der Waals surface area contributed by atoms with E-state index in [-0.39, 0.29) is 17.2 Å². The van der Waals surface area contributed by atoms with Crippen LogP contribution in [0.5, 0.6) is 5.75 Å². The Morgan fingerprint density at radius 3 is 2.78 bits per heavy atom. The zero-order valence-corrected chi connectivity index (χ0v) is 17.0. The van der Waals surface area contributed by atoms with Crippen molar-refractivity contribution in [2.75, 3.05) is 26.5 Å². The monoisotopic (exact) mass is 408 g/mol. The molecule has 10 heteroatoms. The second-order valence-corrected chi connectivity index (χ2v) is 9.12. The Kier molecular flexibility index (Phi) is 5.22. The first kappa shape index (κ1) is 19.3. The largest absolute Gasteiger partial charge is 0.495 e. The molecule has 1 aromatic carbocycles. The number of carbonyl (C=O) groups excluding carboxylic acids is 1. The lowest BCUT2D eigenvalue weighted by molar-refractivity contribution is -0.115. The van der Waals surface area contributed by atoms with Crippen LogP contribution in [0.3, 0.4) is 0 Å². The number of nitrogens with zero attached hydrogens (tertiary/aromatic N) is 3. The highest BCUT2D eigenvalue weighted by Crippen LogP contribution is 2.28. The minimum atomic E-state index is -3.62. The number of sulfonamides is 1. The van der Waals surface area contributed by atoms with Crippen molar-refractivity contribution in [3.8, 4) is 5.75 Å². The number of hydrogen-bond donors (Lipinski definition) is 1. The lowest BCUT2D eigenvalue weighted by atomic mass is 10.2. The maximum Gasteiger partial charge on any atom is 0.242 e. The van der Waals surface area contributed by atoms with Crippen molar-refractivity contribution in [2.45, 2.75) is 18.2 Å². The number of anilines is 1.